The molecule has 0 saturated carbocycles. The predicted molar refractivity (Wildman–Crippen MR) is 237 cm³/mol. The number of carbonyl (C=O) groups excluding carboxylic acids is 2. The second-order valence-electron chi connectivity index (χ2n) is 17.0. The molecule has 0 heterocycles. The zero-order chi connectivity index (χ0) is 40.3. The molecule has 0 aromatic rings. The summed E-state index contributed by atoms with van der Waals surface area (Å²) in [6, 6.07) is 0. The summed E-state index contributed by atoms with van der Waals surface area (Å²) in [6.45, 7) is 12.7. The molecule has 328 valence electrons. The first-order valence-corrected chi connectivity index (χ1v) is 24.7. The minimum Gasteiger partial charge on any atom is -0.465 e. The number of aliphatic hydroxyl groups is 1. The molecule has 1 unspecified atom stereocenters. The average Bonchev–Trinajstić information content (AvgIpc) is 3.18. The molecule has 1 atom stereocenters. The van der Waals surface area contributed by atoms with Gasteiger partial charge >= 0.3 is 11.9 Å². The Morgan fingerprint density at radius 2 is 0.836 bits per heavy atom. The Hall–Kier alpha value is -1.14. The van der Waals surface area contributed by atoms with Crippen LogP contribution >= 0.6 is 0 Å². The van der Waals surface area contributed by atoms with Crippen LogP contribution in [0.3, 0.4) is 0 Å². The summed E-state index contributed by atoms with van der Waals surface area (Å²) in [6.07, 6.45) is 42.4. The summed E-state index contributed by atoms with van der Waals surface area (Å²) >= 11 is 0. The summed E-state index contributed by atoms with van der Waals surface area (Å²) in [4.78, 5) is 27.9. The Balaban J connectivity index is 3.99. The van der Waals surface area contributed by atoms with Crippen molar-refractivity contribution in [3.05, 3.63) is 0 Å². The molecule has 0 aliphatic rings. The molecule has 0 spiro atoms. The van der Waals surface area contributed by atoms with E-state index in [1.54, 1.807) is 0 Å². The van der Waals surface area contributed by atoms with Gasteiger partial charge in [-0.1, -0.05) is 188 Å². The molecule has 0 rings (SSSR count). The van der Waals surface area contributed by atoms with E-state index < -0.39 is 0 Å². The number of aliphatic hydroxyl groups excluding tert-OH is 1. The number of rotatable bonds is 45. The molecule has 0 fully saturated rings. The van der Waals surface area contributed by atoms with Crippen LogP contribution in [0.1, 0.15) is 259 Å². The Labute approximate surface area is 343 Å². The topological polar surface area (TPSA) is 76.1 Å². The molecule has 0 amide bonds. The minimum atomic E-state index is 0.0215. The first kappa shape index (κ1) is 53.9. The van der Waals surface area contributed by atoms with E-state index in [-0.39, 0.29) is 30.6 Å². The van der Waals surface area contributed by atoms with Crippen LogP contribution in [0.4, 0.5) is 0 Å². The van der Waals surface area contributed by atoms with E-state index in [2.05, 4.69) is 32.6 Å². The first-order chi connectivity index (χ1) is 27.0. The highest BCUT2D eigenvalue weighted by Gasteiger charge is 2.19. The van der Waals surface area contributed by atoms with Gasteiger partial charge in [-0.25, -0.2) is 0 Å². The summed E-state index contributed by atoms with van der Waals surface area (Å²) in [5.74, 6) is 0.187. The molecule has 6 heteroatoms. The summed E-state index contributed by atoms with van der Waals surface area (Å²) in [5, 5.41) is 9.60. The zero-order valence-corrected chi connectivity index (χ0v) is 37.7. The fourth-order valence-electron chi connectivity index (χ4n) is 7.87. The van der Waals surface area contributed by atoms with E-state index in [4.69, 9.17) is 9.47 Å². The van der Waals surface area contributed by atoms with Crippen molar-refractivity contribution in [3.63, 3.8) is 0 Å². The third-order valence-electron chi connectivity index (χ3n) is 11.6. The molecule has 0 aromatic heterocycles. The van der Waals surface area contributed by atoms with Gasteiger partial charge in [-0.05, 0) is 77.3 Å². The number of nitrogens with zero attached hydrogens (tertiary/aromatic N) is 1. The van der Waals surface area contributed by atoms with Crippen LogP contribution in [0.15, 0.2) is 0 Å². The maximum Gasteiger partial charge on any atom is 0.308 e. The van der Waals surface area contributed by atoms with Crippen molar-refractivity contribution >= 4 is 11.9 Å². The maximum absolute atomic E-state index is 12.9. The molecule has 0 bridgehead atoms. The van der Waals surface area contributed by atoms with Crippen molar-refractivity contribution in [1.29, 1.82) is 0 Å². The lowest BCUT2D eigenvalue weighted by molar-refractivity contribution is -0.150. The summed E-state index contributed by atoms with van der Waals surface area (Å²) in [7, 11) is 0. The van der Waals surface area contributed by atoms with Crippen LogP contribution in [0.25, 0.3) is 0 Å². The van der Waals surface area contributed by atoms with E-state index in [9.17, 15) is 14.7 Å². The van der Waals surface area contributed by atoms with Crippen LogP contribution in [-0.4, -0.2) is 60.9 Å². The van der Waals surface area contributed by atoms with Crippen LogP contribution in [0.5, 0.6) is 0 Å². The Bertz CT molecular complexity index is 779. The van der Waals surface area contributed by atoms with E-state index in [1.807, 2.05) is 0 Å². The first-order valence-electron chi connectivity index (χ1n) is 24.7. The zero-order valence-electron chi connectivity index (χ0n) is 37.7. The third-order valence-corrected chi connectivity index (χ3v) is 11.6. The Morgan fingerprint density at radius 1 is 0.455 bits per heavy atom. The predicted octanol–water partition coefficient (Wildman–Crippen LogP) is 14.5. The van der Waals surface area contributed by atoms with Crippen molar-refractivity contribution in [1.82, 2.24) is 4.90 Å². The molecule has 0 aliphatic heterocycles. The van der Waals surface area contributed by atoms with E-state index >= 15 is 0 Å². The highest BCUT2D eigenvalue weighted by Crippen LogP contribution is 2.21. The smallest absolute Gasteiger partial charge is 0.308 e. The van der Waals surface area contributed by atoms with Gasteiger partial charge in [0, 0.05) is 13.0 Å². The fraction of sp³-hybridized carbons (Fsp3) is 0.959. The fourth-order valence-corrected chi connectivity index (χ4v) is 7.87. The van der Waals surface area contributed by atoms with Crippen molar-refractivity contribution < 1.29 is 24.2 Å². The second kappa shape index (κ2) is 44.0. The maximum atomic E-state index is 12.9. The van der Waals surface area contributed by atoms with Crippen LogP contribution < -0.4 is 0 Å². The number of ether oxygens (including phenoxy) is 2. The van der Waals surface area contributed by atoms with E-state index in [1.165, 1.54) is 161 Å². The lowest BCUT2D eigenvalue weighted by atomic mass is 9.94. The van der Waals surface area contributed by atoms with Crippen molar-refractivity contribution in [3.8, 4) is 0 Å². The minimum absolute atomic E-state index is 0.0215. The average molecular weight is 780 g/mol. The highest BCUT2D eigenvalue weighted by atomic mass is 16.5. The second-order valence-corrected chi connectivity index (χ2v) is 17.0. The molecular weight excluding hydrogens is 683 g/mol. The Kier molecular flexibility index (Phi) is 43.1. The van der Waals surface area contributed by atoms with Gasteiger partial charge in [-0.3, -0.25) is 9.59 Å². The number of hydrogen-bond acceptors (Lipinski definition) is 6. The lowest BCUT2D eigenvalue weighted by Gasteiger charge is -2.21. The molecule has 0 radical (unpaired) electrons. The third kappa shape index (κ3) is 38.2. The van der Waals surface area contributed by atoms with Gasteiger partial charge < -0.3 is 19.5 Å². The monoisotopic (exact) mass is 780 g/mol. The lowest BCUT2D eigenvalue weighted by Crippen LogP contribution is -2.29. The molecule has 6 nitrogen and oxygen atoms in total. The van der Waals surface area contributed by atoms with Gasteiger partial charge in [0.15, 0.2) is 0 Å². The Morgan fingerprint density at radius 3 is 1.31 bits per heavy atom. The quantitative estimate of drug-likeness (QED) is 0.0490. The van der Waals surface area contributed by atoms with Gasteiger partial charge in [0.05, 0.1) is 19.1 Å². The molecular formula is C49H97NO5. The van der Waals surface area contributed by atoms with Gasteiger partial charge in [0.25, 0.3) is 0 Å². The van der Waals surface area contributed by atoms with E-state index in [0.29, 0.717) is 13.0 Å². The highest BCUT2D eigenvalue weighted by molar-refractivity contribution is 5.72. The number of esters is 2. The standard InChI is InChI=1S/C49H97NO5/c1-5-9-13-17-23-29-37-46(36-28-14-10-6-2)49(53)54-45-35-27-22-21-26-34-42-50(43-44-51)41-33-25-20-18-19-24-32-40-48(52)55-47(38-30-15-11-7-3)39-31-16-12-8-4/h46-47,51H,5-45H2,1-4H3. The number of unbranched alkanes of at least 4 members (excludes halogenated alkanes) is 25. The summed E-state index contributed by atoms with van der Waals surface area (Å²) < 4.78 is 11.7. The van der Waals surface area contributed by atoms with Crippen molar-refractivity contribution in [2.24, 2.45) is 5.92 Å². The van der Waals surface area contributed by atoms with Crippen LogP contribution in [0.2, 0.25) is 0 Å². The molecule has 55 heavy (non-hydrogen) atoms. The molecule has 0 aliphatic carbocycles. The normalized spacial score (nSPS) is 12.2. The molecule has 0 saturated heterocycles. The van der Waals surface area contributed by atoms with Gasteiger partial charge in [-0.2, -0.15) is 0 Å². The SMILES string of the molecule is CCCCCCCCC(CCCCCC)C(=O)OCCCCCCCCN(CCO)CCCCCCCCCC(=O)OC(CCCCCC)CCCCCC. The van der Waals surface area contributed by atoms with Crippen molar-refractivity contribution in [2.45, 2.75) is 265 Å². The largest absolute Gasteiger partial charge is 0.465 e. The van der Waals surface area contributed by atoms with Crippen molar-refractivity contribution in [2.75, 3.05) is 32.8 Å². The van der Waals surface area contributed by atoms with Crippen LogP contribution in [-0.2, 0) is 19.1 Å². The molecule has 0 aromatic carbocycles. The van der Waals surface area contributed by atoms with E-state index in [0.717, 1.165) is 83.8 Å². The molecule has 1 N–H and O–H groups in total. The van der Waals surface area contributed by atoms with Gasteiger partial charge in [-0.15, -0.1) is 0 Å². The number of carbonyl (C=O) groups is 2. The summed E-state index contributed by atoms with van der Waals surface area (Å²) in [5.41, 5.74) is 0. The van der Waals surface area contributed by atoms with Gasteiger partial charge in [0.1, 0.15) is 6.10 Å². The number of hydrogen-bond donors (Lipinski definition) is 1. The van der Waals surface area contributed by atoms with Gasteiger partial charge in [0.2, 0.25) is 0 Å². The van der Waals surface area contributed by atoms with Crippen LogP contribution in [0, 0.1) is 5.92 Å².